The van der Waals surface area contributed by atoms with Crippen molar-refractivity contribution in [1.82, 2.24) is 0 Å². The van der Waals surface area contributed by atoms with E-state index in [0.717, 1.165) is 6.92 Å². The summed E-state index contributed by atoms with van der Waals surface area (Å²) in [5, 5.41) is 0. The van der Waals surface area contributed by atoms with Crippen LogP contribution in [0.25, 0.3) is 0 Å². The maximum absolute atomic E-state index is 13.4. The summed E-state index contributed by atoms with van der Waals surface area (Å²) in [7, 11) is 0. The molecule has 0 N–H and O–H groups in total. The first-order chi connectivity index (χ1) is 12.6. The molecule has 0 aromatic carbocycles. The molecule has 16 heteroatoms. The maximum Gasteiger partial charge on any atom is 0.460 e. The van der Waals surface area contributed by atoms with Crippen LogP contribution in [0.2, 0.25) is 0 Å². The smallest absolute Gasteiger partial charge is 0.460 e. The molecule has 0 saturated carbocycles. The number of carbonyl (C=O) groups excluding carboxylic acids is 2. The number of hydrogen-bond acceptors (Lipinski definition) is 3. The van der Waals surface area contributed by atoms with E-state index in [1.54, 1.807) is 0 Å². The fourth-order valence-corrected chi connectivity index (χ4v) is 1.69. The Balaban J connectivity index is 5.50. The molecule has 29 heavy (non-hydrogen) atoms. The number of esters is 1. The van der Waals surface area contributed by atoms with Crippen LogP contribution in [-0.2, 0) is 14.3 Å². The first-order valence-electron chi connectivity index (χ1n) is 7.17. The first-order valence-corrected chi connectivity index (χ1v) is 7.17. The number of ether oxygens (including phenoxy) is 1. The average molecular weight is 462 g/mol. The number of Topliss-reactive ketones (excluding diaryl/α,β-unsaturated/α-hetero) is 1. The van der Waals surface area contributed by atoms with Crippen molar-refractivity contribution in [3.63, 3.8) is 0 Å². The topological polar surface area (TPSA) is 43.4 Å². The second-order valence-corrected chi connectivity index (χ2v) is 5.70. The van der Waals surface area contributed by atoms with E-state index in [1.807, 2.05) is 0 Å². The van der Waals surface area contributed by atoms with Crippen LogP contribution in [0.5, 0.6) is 0 Å². The van der Waals surface area contributed by atoms with Gasteiger partial charge in [-0.3, -0.25) is 9.59 Å². The van der Waals surface area contributed by atoms with Gasteiger partial charge in [-0.25, -0.2) is 0 Å². The number of halogens is 13. The minimum Gasteiger partial charge on any atom is -0.465 e. The van der Waals surface area contributed by atoms with Crippen LogP contribution in [0.1, 0.15) is 26.2 Å². The third kappa shape index (κ3) is 5.05. The molecule has 0 aliphatic heterocycles. The van der Waals surface area contributed by atoms with Gasteiger partial charge in [0.25, 0.3) is 0 Å². The lowest BCUT2D eigenvalue weighted by atomic mass is 9.92. The number of carbonyl (C=O) groups is 2. The Morgan fingerprint density at radius 2 is 1.10 bits per heavy atom. The molecule has 0 radical (unpaired) electrons. The van der Waals surface area contributed by atoms with Crippen LogP contribution in [0.3, 0.4) is 0 Å². The summed E-state index contributed by atoms with van der Waals surface area (Å²) < 4.78 is 171. The van der Waals surface area contributed by atoms with Crippen LogP contribution in [0.15, 0.2) is 0 Å². The molecule has 0 aromatic rings. The molecule has 0 saturated heterocycles. The van der Waals surface area contributed by atoms with E-state index in [9.17, 15) is 66.7 Å². The SMILES string of the molecule is CC(=O)CC(=O)OCCCC(F)(F)C(F)(F)C(F)(F)C(F)(F)C(F)(F)C(F)(F)F. The average Bonchev–Trinajstić information content (AvgIpc) is 2.49. The molecular weight excluding hydrogens is 451 g/mol. The highest BCUT2D eigenvalue weighted by Gasteiger charge is 2.90. The number of ketones is 1. The standard InChI is InChI=1S/C13H11F13O3/c1-6(27)5-7(28)29-4-2-3-8(14,15)9(16,17)10(18,19)11(20,21)12(22,23)13(24,25)26/h2-5H2,1H3. The van der Waals surface area contributed by atoms with E-state index in [0.29, 0.717) is 0 Å². The van der Waals surface area contributed by atoms with Gasteiger partial charge in [0.15, 0.2) is 0 Å². The zero-order valence-corrected chi connectivity index (χ0v) is 14.0. The minimum absolute atomic E-state index is 0.765. The van der Waals surface area contributed by atoms with Crippen LogP contribution < -0.4 is 0 Å². The lowest BCUT2D eigenvalue weighted by Crippen LogP contribution is -2.70. The summed E-state index contributed by atoms with van der Waals surface area (Å²) in [4.78, 5) is 21.4. The van der Waals surface area contributed by atoms with Gasteiger partial charge >= 0.3 is 41.8 Å². The van der Waals surface area contributed by atoms with E-state index in [1.165, 1.54) is 0 Å². The summed E-state index contributed by atoms with van der Waals surface area (Å²) in [6, 6.07) is 0. The predicted octanol–water partition coefficient (Wildman–Crippen LogP) is 5.03. The molecule has 0 rings (SSSR count). The Labute approximate surface area is 153 Å². The summed E-state index contributed by atoms with van der Waals surface area (Å²) >= 11 is 0. The van der Waals surface area contributed by atoms with Crippen molar-refractivity contribution < 1.29 is 71.4 Å². The van der Waals surface area contributed by atoms with Crippen LogP contribution in [-0.4, -0.2) is 54.1 Å². The first kappa shape index (κ1) is 27.2. The molecule has 0 bridgehead atoms. The Kier molecular flexibility index (Phi) is 7.66. The van der Waals surface area contributed by atoms with Crippen molar-refractivity contribution in [3.05, 3.63) is 0 Å². The molecule has 0 fully saturated rings. The van der Waals surface area contributed by atoms with Crippen LogP contribution >= 0.6 is 0 Å². The van der Waals surface area contributed by atoms with E-state index in [2.05, 4.69) is 4.74 Å². The van der Waals surface area contributed by atoms with Crippen LogP contribution in [0, 0.1) is 0 Å². The normalized spacial score (nSPS) is 14.7. The monoisotopic (exact) mass is 462 g/mol. The molecule has 0 amide bonds. The molecule has 0 aliphatic carbocycles. The second-order valence-electron chi connectivity index (χ2n) is 5.70. The molecule has 0 unspecified atom stereocenters. The highest BCUT2D eigenvalue weighted by atomic mass is 19.4. The maximum atomic E-state index is 13.4. The van der Waals surface area contributed by atoms with Gasteiger partial charge in [-0.05, 0) is 13.3 Å². The van der Waals surface area contributed by atoms with Gasteiger partial charge in [0.05, 0.1) is 6.61 Å². The molecule has 0 aliphatic rings. The lowest BCUT2D eigenvalue weighted by molar-refractivity contribution is -0.440. The highest BCUT2D eigenvalue weighted by molar-refractivity contribution is 5.94. The molecule has 0 aromatic heterocycles. The molecule has 0 atom stereocenters. The van der Waals surface area contributed by atoms with Gasteiger partial charge in [0, 0.05) is 6.42 Å². The predicted molar refractivity (Wildman–Crippen MR) is 66.3 cm³/mol. The molecule has 0 heterocycles. The Bertz CT molecular complexity index is 610. The second kappa shape index (κ2) is 8.16. The molecule has 0 spiro atoms. The Morgan fingerprint density at radius 1 is 0.690 bits per heavy atom. The van der Waals surface area contributed by atoms with Gasteiger partial charge in [-0.1, -0.05) is 0 Å². The van der Waals surface area contributed by atoms with Crippen LogP contribution in [0.4, 0.5) is 57.1 Å². The minimum atomic E-state index is -7.95. The quantitative estimate of drug-likeness (QED) is 0.198. The Morgan fingerprint density at radius 3 is 1.48 bits per heavy atom. The van der Waals surface area contributed by atoms with Crippen molar-refractivity contribution in [2.45, 2.75) is 62.0 Å². The van der Waals surface area contributed by atoms with Gasteiger partial charge in [-0.15, -0.1) is 0 Å². The van der Waals surface area contributed by atoms with E-state index >= 15 is 0 Å². The van der Waals surface area contributed by atoms with E-state index in [4.69, 9.17) is 0 Å². The Hall–Kier alpha value is -1.77. The van der Waals surface area contributed by atoms with Gasteiger partial charge < -0.3 is 4.74 Å². The zero-order chi connectivity index (χ0) is 23.7. The third-order valence-electron chi connectivity index (χ3n) is 3.29. The van der Waals surface area contributed by atoms with Gasteiger partial charge in [0.2, 0.25) is 0 Å². The molecular formula is C13H11F13O3. The summed E-state index contributed by atoms with van der Waals surface area (Å²) in [6.07, 6.45) is -12.2. The number of rotatable bonds is 10. The van der Waals surface area contributed by atoms with Crippen molar-refractivity contribution in [3.8, 4) is 0 Å². The number of hydrogen-bond donors (Lipinski definition) is 0. The van der Waals surface area contributed by atoms with E-state index in [-0.39, 0.29) is 0 Å². The summed E-state index contributed by atoms with van der Waals surface area (Å²) in [5.41, 5.74) is 0. The van der Waals surface area contributed by atoms with Gasteiger partial charge in [0.1, 0.15) is 12.2 Å². The van der Waals surface area contributed by atoms with Crippen molar-refractivity contribution in [2.75, 3.05) is 6.61 Å². The van der Waals surface area contributed by atoms with Crippen molar-refractivity contribution >= 4 is 11.8 Å². The molecule has 172 valence electrons. The summed E-state index contributed by atoms with van der Waals surface area (Å²) in [6.45, 7) is -0.298. The van der Waals surface area contributed by atoms with Crippen molar-refractivity contribution in [2.24, 2.45) is 0 Å². The summed E-state index contributed by atoms with van der Waals surface area (Å²) in [5.74, 6) is -39.2. The third-order valence-corrected chi connectivity index (χ3v) is 3.29. The largest absolute Gasteiger partial charge is 0.465 e. The molecule has 3 nitrogen and oxygen atoms in total. The van der Waals surface area contributed by atoms with Crippen molar-refractivity contribution in [1.29, 1.82) is 0 Å². The van der Waals surface area contributed by atoms with E-state index < -0.39 is 73.4 Å². The fraction of sp³-hybridized carbons (Fsp3) is 0.846. The fourth-order valence-electron chi connectivity index (χ4n) is 1.69. The van der Waals surface area contributed by atoms with Gasteiger partial charge in [-0.2, -0.15) is 57.1 Å². The highest BCUT2D eigenvalue weighted by Crippen LogP contribution is 2.60. The lowest BCUT2D eigenvalue weighted by Gasteiger charge is -2.39. The zero-order valence-electron chi connectivity index (χ0n) is 14.0. The number of alkyl halides is 13.